The van der Waals surface area contributed by atoms with E-state index in [-0.39, 0.29) is 5.78 Å². The first-order valence-electron chi connectivity index (χ1n) is 6.04. The zero-order valence-electron chi connectivity index (χ0n) is 11.2. The highest BCUT2D eigenvalue weighted by atomic mass is 32.1. The van der Waals surface area contributed by atoms with Crippen LogP contribution in [0.2, 0.25) is 0 Å². The molecule has 0 bridgehead atoms. The van der Waals surface area contributed by atoms with Gasteiger partial charge in [-0.05, 0) is 25.5 Å². The Morgan fingerprint density at radius 2 is 2.16 bits per heavy atom. The maximum absolute atomic E-state index is 12.1. The van der Waals surface area contributed by atoms with Crippen LogP contribution in [0.4, 0.5) is 5.13 Å². The van der Waals surface area contributed by atoms with E-state index < -0.39 is 0 Å². The quantitative estimate of drug-likeness (QED) is 0.681. The molecule has 1 heterocycles. The van der Waals surface area contributed by atoms with Crippen molar-refractivity contribution >= 4 is 28.3 Å². The van der Waals surface area contributed by atoms with Crippen LogP contribution in [0.15, 0.2) is 30.3 Å². The third kappa shape index (κ3) is 3.29. The fourth-order valence-corrected chi connectivity index (χ4v) is 2.59. The van der Waals surface area contributed by atoms with Crippen molar-refractivity contribution in [3.8, 4) is 0 Å². The second-order valence-corrected chi connectivity index (χ2v) is 5.29. The highest BCUT2D eigenvalue weighted by Gasteiger charge is 2.11. The van der Waals surface area contributed by atoms with E-state index >= 15 is 0 Å². The molecule has 0 saturated heterocycles. The molecule has 1 aromatic carbocycles. The van der Waals surface area contributed by atoms with E-state index in [0.29, 0.717) is 4.88 Å². The van der Waals surface area contributed by atoms with Crippen LogP contribution in [-0.2, 0) is 0 Å². The molecule has 19 heavy (non-hydrogen) atoms. The van der Waals surface area contributed by atoms with Crippen LogP contribution in [0.25, 0.3) is 6.08 Å². The van der Waals surface area contributed by atoms with Gasteiger partial charge >= 0.3 is 0 Å². The summed E-state index contributed by atoms with van der Waals surface area (Å²) in [6.45, 7) is 3.89. The molecular formula is C15H16N2OS. The molecule has 4 heteroatoms. The first-order valence-corrected chi connectivity index (χ1v) is 6.86. The van der Waals surface area contributed by atoms with Crippen molar-refractivity contribution in [3.63, 3.8) is 0 Å². The number of anilines is 1. The maximum Gasteiger partial charge on any atom is 0.197 e. The third-order valence-electron chi connectivity index (χ3n) is 2.70. The van der Waals surface area contributed by atoms with E-state index in [1.54, 1.807) is 13.1 Å². The van der Waals surface area contributed by atoms with Crippen molar-refractivity contribution < 1.29 is 4.79 Å². The van der Waals surface area contributed by atoms with Crippen molar-refractivity contribution in [2.45, 2.75) is 13.8 Å². The summed E-state index contributed by atoms with van der Waals surface area (Å²) in [5.74, 6) is -0.00185. The van der Waals surface area contributed by atoms with Gasteiger partial charge in [-0.1, -0.05) is 47.2 Å². The van der Waals surface area contributed by atoms with Gasteiger partial charge in [-0.2, -0.15) is 0 Å². The average Bonchev–Trinajstić information content (AvgIpc) is 2.77. The van der Waals surface area contributed by atoms with Crippen molar-refractivity contribution in [1.29, 1.82) is 0 Å². The number of thiazole rings is 1. The monoisotopic (exact) mass is 272 g/mol. The lowest BCUT2D eigenvalue weighted by Gasteiger charge is -1.95. The van der Waals surface area contributed by atoms with Crippen LogP contribution in [0.5, 0.6) is 0 Å². The summed E-state index contributed by atoms with van der Waals surface area (Å²) in [5.41, 5.74) is 2.98. The fourth-order valence-electron chi connectivity index (χ4n) is 1.75. The SMILES string of the molecule is CNc1nc(C)c(C(=O)/C=C/c2cccc(C)c2)s1. The lowest BCUT2D eigenvalue weighted by Crippen LogP contribution is -1.93. The summed E-state index contributed by atoms with van der Waals surface area (Å²) in [6.07, 6.45) is 3.45. The number of carbonyl (C=O) groups excluding carboxylic acids is 1. The van der Waals surface area contributed by atoms with Crippen LogP contribution in [0.3, 0.4) is 0 Å². The molecule has 0 aliphatic rings. The number of nitrogens with zero attached hydrogens (tertiary/aromatic N) is 1. The summed E-state index contributed by atoms with van der Waals surface area (Å²) in [4.78, 5) is 17.1. The molecule has 1 N–H and O–H groups in total. The molecule has 98 valence electrons. The third-order valence-corrected chi connectivity index (χ3v) is 3.89. The number of allylic oxidation sites excluding steroid dienone is 1. The van der Waals surface area contributed by atoms with Crippen LogP contribution in [0.1, 0.15) is 26.5 Å². The van der Waals surface area contributed by atoms with Gasteiger partial charge < -0.3 is 5.32 Å². The summed E-state index contributed by atoms with van der Waals surface area (Å²) in [7, 11) is 1.80. The van der Waals surface area contributed by atoms with Gasteiger partial charge in [0.25, 0.3) is 0 Å². The molecule has 0 amide bonds. The number of aromatic nitrogens is 1. The Bertz CT molecular complexity index is 629. The van der Waals surface area contributed by atoms with Crippen molar-refractivity contribution in [1.82, 2.24) is 4.98 Å². The molecule has 0 radical (unpaired) electrons. The number of aryl methyl sites for hydroxylation is 2. The van der Waals surface area contributed by atoms with E-state index in [4.69, 9.17) is 0 Å². The van der Waals surface area contributed by atoms with Gasteiger partial charge in [0.1, 0.15) is 0 Å². The minimum absolute atomic E-state index is 0.00185. The zero-order valence-corrected chi connectivity index (χ0v) is 12.0. The largest absolute Gasteiger partial charge is 0.365 e. The normalized spacial score (nSPS) is 10.9. The minimum atomic E-state index is -0.00185. The van der Waals surface area contributed by atoms with Crippen molar-refractivity contribution in [3.05, 3.63) is 52.0 Å². The lowest BCUT2D eigenvalue weighted by atomic mass is 10.1. The van der Waals surface area contributed by atoms with Gasteiger partial charge in [0.2, 0.25) is 0 Å². The van der Waals surface area contributed by atoms with Gasteiger partial charge in [0.05, 0.1) is 10.6 Å². The Hall–Kier alpha value is -1.94. The minimum Gasteiger partial charge on any atom is -0.365 e. The van der Waals surface area contributed by atoms with E-state index in [0.717, 1.165) is 16.4 Å². The predicted octanol–water partition coefficient (Wildman–Crippen LogP) is 3.70. The molecule has 2 rings (SSSR count). The summed E-state index contributed by atoms with van der Waals surface area (Å²) in [6, 6.07) is 8.04. The first-order chi connectivity index (χ1) is 9.10. The molecule has 1 aromatic heterocycles. The number of hydrogen-bond acceptors (Lipinski definition) is 4. The molecule has 3 nitrogen and oxygen atoms in total. The standard InChI is InChI=1S/C15H16N2OS/c1-10-5-4-6-12(9-10)7-8-13(18)14-11(2)17-15(16-3)19-14/h4-9H,1-3H3,(H,16,17)/b8-7+. The summed E-state index contributed by atoms with van der Waals surface area (Å²) < 4.78 is 0. The van der Waals surface area contributed by atoms with Gasteiger partial charge in [0.15, 0.2) is 10.9 Å². The van der Waals surface area contributed by atoms with Gasteiger partial charge in [-0.3, -0.25) is 4.79 Å². The summed E-state index contributed by atoms with van der Waals surface area (Å²) in [5, 5.41) is 3.72. The van der Waals surface area contributed by atoms with E-state index in [9.17, 15) is 4.79 Å². The molecule has 0 aliphatic carbocycles. The van der Waals surface area contributed by atoms with Crippen LogP contribution < -0.4 is 5.32 Å². The number of rotatable bonds is 4. The fraction of sp³-hybridized carbons (Fsp3) is 0.200. The molecular weight excluding hydrogens is 256 g/mol. The topological polar surface area (TPSA) is 42.0 Å². The lowest BCUT2D eigenvalue weighted by molar-refractivity contribution is 0.105. The number of hydrogen-bond donors (Lipinski definition) is 1. The van der Waals surface area contributed by atoms with Gasteiger partial charge in [0, 0.05) is 7.05 Å². The Balaban J connectivity index is 2.18. The first kappa shape index (κ1) is 13.5. The molecule has 0 fully saturated rings. The van der Waals surface area contributed by atoms with Crippen LogP contribution >= 0.6 is 11.3 Å². The Morgan fingerprint density at radius 1 is 1.37 bits per heavy atom. The number of benzene rings is 1. The molecule has 0 saturated carbocycles. The number of ketones is 1. The molecule has 0 atom stereocenters. The van der Waals surface area contributed by atoms with E-state index in [1.165, 1.54) is 16.9 Å². The van der Waals surface area contributed by atoms with Gasteiger partial charge in [-0.25, -0.2) is 4.98 Å². The zero-order chi connectivity index (χ0) is 13.8. The number of nitrogens with one attached hydrogen (secondary N) is 1. The maximum atomic E-state index is 12.1. The van der Waals surface area contributed by atoms with Gasteiger partial charge in [-0.15, -0.1) is 0 Å². The Morgan fingerprint density at radius 3 is 2.79 bits per heavy atom. The predicted molar refractivity (Wildman–Crippen MR) is 80.9 cm³/mol. The second-order valence-electron chi connectivity index (χ2n) is 4.30. The van der Waals surface area contributed by atoms with Crippen LogP contribution in [0, 0.1) is 13.8 Å². The second kappa shape index (κ2) is 5.80. The Labute approximate surface area is 117 Å². The van der Waals surface area contributed by atoms with E-state index in [1.807, 2.05) is 44.2 Å². The highest BCUT2D eigenvalue weighted by Crippen LogP contribution is 2.23. The van der Waals surface area contributed by atoms with Crippen LogP contribution in [-0.4, -0.2) is 17.8 Å². The van der Waals surface area contributed by atoms with Crippen molar-refractivity contribution in [2.24, 2.45) is 0 Å². The molecule has 0 unspecified atom stereocenters. The molecule has 0 aliphatic heterocycles. The van der Waals surface area contributed by atoms with E-state index in [2.05, 4.69) is 10.3 Å². The highest BCUT2D eigenvalue weighted by molar-refractivity contribution is 7.17. The van der Waals surface area contributed by atoms with Crippen molar-refractivity contribution in [2.75, 3.05) is 12.4 Å². The summed E-state index contributed by atoms with van der Waals surface area (Å²) >= 11 is 1.38. The number of carbonyl (C=O) groups is 1. The Kier molecular flexibility index (Phi) is 4.12. The molecule has 0 spiro atoms. The smallest absolute Gasteiger partial charge is 0.197 e. The average molecular weight is 272 g/mol. The molecule has 2 aromatic rings.